The number of rotatable bonds is 6. The van der Waals surface area contributed by atoms with Gasteiger partial charge >= 0.3 is 0 Å². The summed E-state index contributed by atoms with van der Waals surface area (Å²) in [4.78, 5) is 24.7. The molecular formula is C13H22N2O2. The summed E-state index contributed by atoms with van der Waals surface area (Å²) >= 11 is 0. The molecule has 0 fully saturated rings. The van der Waals surface area contributed by atoms with E-state index in [9.17, 15) is 9.59 Å². The van der Waals surface area contributed by atoms with E-state index in [1.807, 2.05) is 33.8 Å². The van der Waals surface area contributed by atoms with Crippen LogP contribution in [0.2, 0.25) is 0 Å². The van der Waals surface area contributed by atoms with Crippen molar-refractivity contribution in [1.29, 1.82) is 0 Å². The van der Waals surface area contributed by atoms with E-state index in [-0.39, 0.29) is 24.4 Å². The summed E-state index contributed by atoms with van der Waals surface area (Å²) in [6.07, 6.45) is 6.75. The van der Waals surface area contributed by atoms with Gasteiger partial charge in [0.2, 0.25) is 11.8 Å². The Balaban J connectivity index is 4.32. The van der Waals surface area contributed by atoms with E-state index < -0.39 is 0 Å². The van der Waals surface area contributed by atoms with Crippen molar-refractivity contribution in [2.45, 2.75) is 33.7 Å². The van der Waals surface area contributed by atoms with Gasteiger partial charge in [0.15, 0.2) is 0 Å². The molecule has 0 aromatic carbocycles. The highest BCUT2D eigenvalue weighted by molar-refractivity contribution is 5.91. The smallest absolute Gasteiger partial charge is 0.247 e. The molecule has 17 heavy (non-hydrogen) atoms. The van der Waals surface area contributed by atoms with Gasteiger partial charge in [-0.1, -0.05) is 18.2 Å². The van der Waals surface area contributed by atoms with E-state index in [1.54, 1.807) is 12.2 Å². The number of carbonyl (C=O) groups excluding carboxylic acids is 2. The van der Waals surface area contributed by atoms with Gasteiger partial charge in [0, 0.05) is 18.7 Å². The van der Waals surface area contributed by atoms with Crippen LogP contribution in [0.4, 0.5) is 0 Å². The number of allylic oxidation sites excluding steroid dienone is 3. The zero-order valence-electron chi connectivity index (χ0n) is 11.1. The van der Waals surface area contributed by atoms with Gasteiger partial charge in [-0.05, 0) is 27.7 Å². The van der Waals surface area contributed by atoms with Crippen LogP contribution in [0, 0.1) is 0 Å². The number of hydrogen-bond acceptors (Lipinski definition) is 2. The van der Waals surface area contributed by atoms with Crippen LogP contribution in [-0.2, 0) is 9.59 Å². The Morgan fingerprint density at radius 2 is 1.94 bits per heavy atom. The minimum absolute atomic E-state index is 0.0925. The normalized spacial score (nSPS) is 11.4. The number of carbonyl (C=O) groups is 2. The maximum atomic E-state index is 11.7. The highest BCUT2D eigenvalue weighted by atomic mass is 16.2. The first kappa shape index (κ1) is 15.4. The SMILES string of the molecule is C/C=C/C=C/C(=O)N(CC)CC(=O)NC(C)C. The minimum Gasteiger partial charge on any atom is -0.352 e. The van der Waals surface area contributed by atoms with Crippen LogP contribution in [0.1, 0.15) is 27.7 Å². The van der Waals surface area contributed by atoms with Crippen LogP contribution in [0.15, 0.2) is 24.3 Å². The van der Waals surface area contributed by atoms with Crippen molar-refractivity contribution in [2.24, 2.45) is 0 Å². The number of amides is 2. The van der Waals surface area contributed by atoms with Crippen molar-refractivity contribution in [3.63, 3.8) is 0 Å². The fourth-order valence-electron chi connectivity index (χ4n) is 1.24. The fourth-order valence-corrected chi connectivity index (χ4v) is 1.24. The van der Waals surface area contributed by atoms with Crippen LogP contribution in [0.25, 0.3) is 0 Å². The highest BCUT2D eigenvalue weighted by Crippen LogP contribution is 1.93. The third kappa shape index (κ3) is 7.33. The average Bonchev–Trinajstić information content (AvgIpc) is 2.25. The summed E-state index contributed by atoms with van der Waals surface area (Å²) in [6.45, 7) is 8.13. The monoisotopic (exact) mass is 238 g/mol. The molecule has 0 bridgehead atoms. The number of nitrogens with zero attached hydrogens (tertiary/aromatic N) is 1. The fraction of sp³-hybridized carbons (Fsp3) is 0.538. The summed E-state index contributed by atoms with van der Waals surface area (Å²) in [6, 6.07) is 0.0925. The molecule has 0 unspecified atom stereocenters. The summed E-state index contributed by atoms with van der Waals surface area (Å²) in [5.74, 6) is -0.279. The number of hydrogen-bond donors (Lipinski definition) is 1. The van der Waals surface area contributed by atoms with Crippen LogP contribution < -0.4 is 5.32 Å². The van der Waals surface area contributed by atoms with Crippen molar-refractivity contribution in [1.82, 2.24) is 10.2 Å². The molecule has 0 spiro atoms. The molecule has 0 aromatic heterocycles. The molecule has 96 valence electrons. The molecule has 2 amide bonds. The molecule has 0 aliphatic carbocycles. The molecule has 0 aliphatic heterocycles. The molecule has 0 saturated carbocycles. The third-order valence-electron chi connectivity index (χ3n) is 2.02. The lowest BCUT2D eigenvalue weighted by molar-refractivity contribution is -0.132. The first-order valence-corrected chi connectivity index (χ1v) is 5.88. The van der Waals surface area contributed by atoms with Crippen molar-refractivity contribution < 1.29 is 9.59 Å². The second-order valence-electron chi connectivity index (χ2n) is 3.96. The lowest BCUT2D eigenvalue weighted by Gasteiger charge is -2.19. The van der Waals surface area contributed by atoms with Crippen molar-refractivity contribution in [3.8, 4) is 0 Å². The van der Waals surface area contributed by atoms with Crippen LogP contribution in [0.5, 0.6) is 0 Å². The van der Waals surface area contributed by atoms with Crippen LogP contribution in [0.3, 0.4) is 0 Å². The minimum atomic E-state index is -0.149. The highest BCUT2D eigenvalue weighted by Gasteiger charge is 2.13. The molecule has 0 heterocycles. The summed E-state index contributed by atoms with van der Waals surface area (Å²) < 4.78 is 0. The van der Waals surface area contributed by atoms with E-state index in [0.29, 0.717) is 6.54 Å². The van der Waals surface area contributed by atoms with Gasteiger partial charge in [-0.2, -0.15) is 0 Å². The maximum Gasteiger partial charge on any atom is 0.247 e. The average molecular weight is 238 g/mol. The standard InChI is InChI=1S/C13H22N2O2/c1-5-7-8-9-13(17)15(6-2)10-12(16)14-11(3)4/h5,7-9,11H,6,10H2,1-4H3,(H,14,16)/b7-5+,9-8+. The van der Waals surface area contributed by atoms with E-state index in [4.69, 9.17) is 0 Å². The van der Waals surface area contributed by atoms with E-state index in [0.717, 1.165) is 0 Å². The molecule has 0 rings (SSSR count). The Bertz CT molecular complexity index is 307. The van der Waals surface area contributed by atoms with Gasteiger partial charge in [0.25, 0.3) is 0 Å². The Hall–Kier alpha value is -1.58. The predicted molar refractivity (Wildman–Crippen MR) is 69.5 cm³/mol. The molecule has 0 radical (unpaired) electrons. The first-order chi connectivity index (χ1) is 8.01. The maximum absolute atomic E-state index is 11.7. The molecule has 4 nitrogen and oxygen atoms in total. The van der Waals surface area contributed by atoms with Crippen LogP contribution >= 0.6 is 0 Å². The Kier molecular flexibility index (Phi) is 7.76. The summed E-state index contributed by atoms with van der Waals surface area (Å²) in [7, 11) is 0. The molecular weight excluding hydrogens is 216 g/mol. The summed E-state index contributed by atoms with van der Waals surface area (Å²) in [5, 5.41) is 2.76. The van der Waals surface area contributed by atoms with Crippen LogP contribution in [-0.4, -0.2) is 35.8 Å². The van der Waals surface area contributed by atoms with Gasteiger partial charge in [-0.25, -0.2) is 0 Å². The van der Waals surface area contributed by atoms with Crippen molar-refractivity contribution in [2.75, 3.05) is 13.1 Å². The van der Waals surface area contributed by atoms with Gasteiger partial charge in [-0.15, -0.1) is 0 Å². The lowest BCUT2D eigenvalue weighted by atomic mass is 10.3. The first-order valence-electron chi connectivity index (χ1n) is 5.88. The van der Waals surface area contributed by atoms with Crippen molar-refractivity contribution >= 4 is 11.8 Å². The molecule has 0 atom stereocenters. The zero-order chi connectivity index (χ0) is 13.3. The van der Waals surface area contributed by atoms with Gasteiger partial charge in [-0.3, -0.25) is 9.59 Å². The predicted octanol–water partition coefficient (Wildman–Crippen LogP) is 1.49. The van der Waals surface area contributed by atoms with Gasteiger partial charge in [0.1, 0.15) is 0 Å². The zero-order valence-corrected chi connectivity index (χ0v) is 11.1. The summed E-state index contributed by atoms with van der Waals surface area (Å²) in [5.41, 5.74) is 0. The quantitative estimate of drug-likeness (QED) is 0.563. The Morgan fingerprint density at radius 3 is 2.41 bits per heavy atom. The molecule has 0 aromatic rings. The molecule has 4 heteroatoms. The molecule has 1 N–H and O–H groups in total. The molecule has 0 aliphatic rings. The van der Waals surface area contributed by atoms with E-state index in [1.165, 1.54) is 11.0 Å². The van der Waals surface area contributed by atoms with E-state index in [2.05, 4.69) is 5.32 Å². The third-order valence-corrected chi connectivity index (χ3v) is 2.02. The Morgan fingerprint density at radius 1 is 1.29 bits per heavy atom. The molecule has 0 saturated heterocycles. The van der Waals surface area contributed by atoms with Crippen molar-refractivity contribution in [3.05, 3.63) is 24.3 Å². The largest absolute Gasteiger partial charge is 0.352 e. The van der Waals surface area contributed by atoms with E-state index >= 15 is 0 Å². The topological polar surface area (TPSA) is 49.4 Å². The number of likely N-dealkylation sites (N-methyl/N-ethyl adjacent to an activating group) is 1. The second kappa shape index (κ2) is 8.56. The second-order valence-corrected chi connectivity index (χ2v) is 3.96. The number of nitrogens with one attached hydrogen (secondary N) is 1. The Labute approximate surface area is 103 Å². The lowest BCUT2D eigenvalue weighted by Crippen LogP contribution is -2.42. The van der Waals surface area contributed by atoms with Gasteiger partial charge < -0.3 is 10.2 Å². The van der Waals surface area contributed by atoms with Gasteiger partial charge in [0.05, 0.1) is 6.54 Å².